The predicted molar refractivity (Wildman–Crippen MR) is 90.2 cm³/mol. The number of aryl methyl sites for hydroxylation is 1. The molecule has 23 heavy (non-hydrogen) atoms. The highest BCUT2D eigenvalue weighted by atomic mass is 32.1. The van der Waals surface area contributed by atoms with Gasteiger partial charge in [0.2, 0.25) is 4.96 Å². The zero-order valence-electron chi connectivity index (χ0n) is 12.5. The van der Waals surface area contributed by atoms with Crippen LogP contribution in [-0.4, -0.2) is 24.7 Å². The lowest BCUT2D eigenvalue weighted by molar-refractivity contribution is 0.275. The van der Waals surface area contributed by atoms with Crippen LogP contribution in [0.5, 0.6) is 0 Å². The largest absolute Gasteiger partial charge is 0.390 e. The molecule has 0 radical (unpaired) electrons. The van der Waals surface area contributed by atoms with Gasteiger partial charge in [-0.1, -0.05) is 35.1 Å². The molecule has 5 nitrogen and oxygen atoms in total. The van der Waals surface area contributed by atoms with Crippen LogP contribution in [0.15, 0.2) is 48.8 Å². The summed E-state index contributed by atoms with van der Waals surface area (Å²) in [5.41, 5.74) is 4.55. The number of aromatic nitrogens is 4. The normalized spacial score (nSPS) is 11.2. The first-order valence-electron chi connectivity index (χ1n) is 7.23. The van der Waals surface area contributed by atoms with Gasteiger partial charge >= 0.3 is 0 Å². The molecule has 0 unspecified atom stereocenters. The third-order valence-corrected chi connectivity index (χ3v) is 4.60. The number of imidazole rings is 1. The van der Waals surface area contributed by atoms with Gasteiger partial charge in [0, 0.05) is 23.5 Å². The van der Waals surface area contributed by atoms with Gasteiger partial charge in [-0.3, -0.25) is 4.98 Å². The second kappa shape index (κ2) is 5.57. The van der Waals surface area contributed by atoms with E-state index in [1.807, 2.05) is 24.3 Å². The van der Waals surface area contributed by atoms with E-state index in [1.54, 1.807) is 16.9 Å². The van der Waals surface area contributed by atoms with Crippen molar-refractivity contribution in [2.45, 2.75) is 13.5 Å². The number of fused-ring (bicyclic) bond motifs is 1. The highest BCUT2D eigenvalue weighted by Gasteiger charge is 2.18. The molecule has 0 aliphatic heterocycles. The van der Waals surface area contributed by atoms with Gasteiger partial charge in [0.1, 0.15) is 5.01 Å². The maximum absolute atomic E-state index is 9.77. The molecule has 4 aromatic rings. The van der Waals surface area contributed by atoms with E-state index >= 15 is 0 Å². The van der Waals surface area contributed by atoms with Crippen LogP contribution < -0.4 is 0 Å². The van der Waals surface area contributed by atoms with E-state index in [-0.39, 0.29) is 6.61 Å². The Labute approximate surface area is 136 Å². The van der Waals surface area contributed by atoms with E-state index in [4.69, 9.17) is 0 Å². The van der Waals surface area contributed by atoms with Crippen molar-refractivity contribution in [3.05, 3.63) is 60.0 Å². The van der Waals surface area contributed by atoms with Crippen LogP contribution in [-0.2, 0) is 6.61 Å². The summed E-state index contributed by atoms with van der Waals surface area (Å²) in [4.78, 5) is 9.53. The van der Waals surface area contributed by atoms with Crippen LogP contribution >= 0.6 is 11.3 Å². The van der Waals surface area contributed by atoms with Gasteiger partial charge in [-0.15, -0.1) is 0 Å². The summed E-state index contributed by atoms with van der Waals surface area (Å²) in [7, 11) is 0. The molecule has 0 saturated heterocycles. The minimum Gasteiger partial charge on any atom is -0.390 e. The molecular weight excluding hydrogens is 308 g/mol. The van der Waals surface area contributed by atoms with Gasteiger partial charge in [-0.2, -0.15) is 5.10 Å². The van der Waals surface area contributed by atoms with Gasteiger partial charge < -0.3 is 5.11 Å². The van der Waals surface area contributed by atoms with Gasteiger partial charge in [0.25, 0.3) is 0 Å². The molecule has 3 heterocycles. The van der Waals surface area contributed by atoms with Crippen LogP contribution in [0.4, 0.5) is 0 Å². The Morgan fingerprint density at radius 3 is 2.78 bits per heavy atom. The molecule has 1 N–H and O–H groups in total. The van der Waals surface area contributed by atoms with Crippen molar-refractivity contribution in [2.24, 2.45) is 0 Å². The van der Waals surface area contributed by atoms with Crippen molar-refractivity contribution in [3.8, 4) is 21.8 Å². The summed E-state index contributed by atoms with van der Waals surface area (Å²) in [5.74, 6) is 0. The zero-order chi connectivity index (χ0) is 15.8. The first kappa shape index (κ1) is 14.0. The molecule has 0 aliphatic carbocycles. The van der Waals surface area contributed by atoms with Crippen molar-refractivity contribution < 1.29 is 5.11 Å². The fourth-order valence-electron chi connectivity index (χ4n) is 2.56. The van der Waals surface area contributed by atoms with Crippen molar-refractivity contribution in [1.29, 1.82) is 0 Å². The lowest BCUT2D eigenvalue weighted by Gasteiger charge is -2.00. The summed E-state index contributed by atoms with van der Waals surface area (Å²) in [6, 6.07) is 12.0. The first-order valence-corrected chi connectivity index (χ1v) is 8.04. The van der Waals surface area contributed by atoms with Crippen LogP contribution in [0.2, 0.25) is 0 Å². The van der Waals surface area contributed by atoms with E-state index in [9.17, 15) is 5.11 Å². The zero-order valence-corrected chi connectivity index (χ0v) is 13.3. The van der Waals surface area contributed by atoms with Crippen molar-refractivity contribution in [1.82, 2.24) is 19.6 Å². The Morgan fingerprint density at radius 1 is 1.17 bits per heavy atom. The van der Waals surface area contributed by atoms with Gasteiger partial charge in [0.05, 0.1) is 18.0 Å². The number of rotatable bonds is 3. The van der Waals surface area contributed by atoms with E-state index in [1.165, 1.54) is 16.9 Å². The Balaban J connectivity index is 1.87. The van der Waals surface area contributed by atoms with Crippen LogP contribution in [0.3, 0.4) is 0 Å². The third kappa shape index (κ3) is 2.42. The molecule has 0 aliphatic rings. The molecule has 0 saturated carbocycles. The molecule has 6 heteroatoms. The Bertz CT molecular complexity index is 975. The molecule has 1 aromatic carbocycles. The van der Waals surface area contributed by atoms with Crippen LogP contribution in [0.25, 0.3) is 26.8 Å². The fraction of sp³-hybridized carbons (Fsp3) is 0.118. The second-order valence-electron chi connectivity index (χ2n) is 5.28. The maximum atomic E-state index is 9.77. The van der Waals surface area contributed by atoms with Crippen molar-refractivity contribution in [2.75, 3.05) is 0 Å². The van der Waals surface area contributed by atoms with E-state index in [0.29, 0.717) is 5.69 Å². The summed E-state index contributed by atoms with van der Waals surface area (Å²) in [5, 5.41) is 15.3. The minimum atomic E-state index is -0.123. The Hall–Kier alpha value is -2.57. The average molecular weight is 322 g/mol. The number of hydrogen-bond donors (Lipinski definition) is 1. The van der Waals surface area contributed by atoms with Gasteiger partial charge in [-0.05, 0) is 25.1 Å². The smallest absolute Gasteiger partial charge is 0.213 e. The third-order valence-electron chi connectivity index (χ3n) is 3.65. The van der Waals surface area contributed by atoms with Crippen LogP contribution in [0, 0.1) is 6.92 Å². The summed E-state index contributed by atoms with van der Waals surface area (Å²) in [6.07, 6.45) is 3.46. The van der Waals surface area contributed by atoms with Crippen molar-refractivity contribution in [3.63, 3.8) is 0 Å². The molecule has 0 atom stereocenters. The topological polar surface area (TPSA) is 63.3 Å². The SMILES string of the molecule is Cc1cccc(-c2nn3c(CO)c(-c4cccnc4)nc3s2)c1. The summed E-state index contributed by atoms with van der Waals surface area (Å²) < 4.78 is 1.73. The number of aliphatic hydroxyl groups excluding tert-OH is 1. The predicted octanol–water partition coefficient (Wildman–Crippen LogP) is 3.32. The molecule has 0 fully saturated rings. The molecular formula is C17H14N4OS. The van der Waals surface area contributed by atoms with E-state index < -0.39 is 0 Å². The average Bonchev–Trinajstić information content (AvgIpc) is 3.13. The highest BCUT2D eigenvalue weighted by molar-refractivity contribution is 7.19. The summed E-state index contributed by atoms with van der Waals surface area (Å²) in [6.45, 7) is 1.93. The van der Waals surface area contributed by atoms with E-state index in [2.05, 4.69) is 34.1 Å². The monoisotopic (exact) mass is 322 g/mol. The molecule has 0 spiro atoms. The number of pyridine rings is 1. The molecule has 3 aromatic heterocycles. The Morgan fingerprint density at radius 2 is 2.04 bits per heavy atom. The summed E-state index contributed by atoms with van der Waals surface area (Å²) >= 11 is 1.51. The first-order chi connectivity index (χ1) is 11.3. The maximum Gasteiger partial charge on any atom is 0.213 e. The minimum absolute atomic E-state index is 0.123. The molecule has 4 rings (SSSR count). The molecule has 114 valence electrons. The lowest BCUT2D eigenvalue weighted by atomic mass is 10.1. The highest BCUT2D eigenvalue weighted by Crippen LogP contribution is 2.31. The fourth-order valence-corrected chi connectivity index (χ4v) is 3.48. The Kier molecular flexibility index (Phi) is 3.40. The van der Waals surface area contributed by atoms with E-state index in [0.717, 1.165) is 26.8 Å². The number of nitrogens with zero attached hydrogens (tertiary/aromatic N) is 4. The molecule has 0 bridgehead atoms. The van der Waals surface area contributed by atoms with Gasteiger partial charge in [-0.25, -0.2) is 9.50 Å². The van der Waals surface area contributed by atoms with Crippen LogP contribution in [0.1, 0.15) is 11.3 Å². The molecule has 0 amide bonds. The lowest BCUT2D eigenvalue weighted by Crippen LogP contribution is -1.96. The van der Waals surface area contributed by atoms with Gasteiger partial charge in [0.15, 0.2) is 0 Å². The number of hydrogen-bond acceptors (Lipinski definition) is 5. The van der Waals surface area contributed by atoms with Crippen molar-refractivity contribution >= 4 is 16.3 Å². The second-order valence-corrected chi connectivity index (χ2v) is 6.23. The number of aliphatic hydroxyl groups is 1. The quantitative estimate of drug-likeness (QED) is 0.628. The standard InChI is InChI=1S/C17H14N4OS/c1-11-4-2-5-12(8-11)16-20-21-14(10-22)15(19-17(21)23-16)13-6-3-7-18-9-13/h2-9,22H,10H2,1H3. The number of benzene rings is 1.